The summed E-state index contributed by atoms with van der Waals surface area (Å²) >= 11 is 0. The van der Waals surface area contributed by atoms with Crippen LogP contribution in [-0.2, 0) is 4.74 Å². The minimum Gasteiger partial charge on any atom is -0.390 e. The number of fused-ring (bicyclic) bond motifs is 1. The fourth-order valence-corrected chi connectivity index (χ4v) is 2.87. The van der Waals surface area contributed by atoms with Gasteiger partial charge in [-0.3, -0.25) is 0 Å². The number of aromatic nitrogens is 3. The molecule has 0 bridgehead atoms. The first-order chi connectivity index (χ1) is 11.3. The number of nitrogens with zero attached hydrogens (tertiary/aromatic N) is 3. The fourth-order valence-electron chi connectivity index (χ4n) is 2.87. The van der Waals surface area contributed by atoms with Gasteiger partial charge in [0, 0.05) is 6.20 Å². The van der Waals surface area contributed by atoms with Crippen LogP contribution < -0.4 is 0 Å². The molecule has 0 radical (unpaired) electrons. The Bertz CT molecular complexity index is 899. The summed E-state index contributed by atoms with van der Waals surface area (Å²) in [6.07, 6.45) is 9.73. The lowest BCUT2D eigenvalue weighted by Crippen LogP contribution is -2.49. The number of ether oxygens (including phenoxy) is 1. The van der Waals surface area contributed by atoms with E-state index in [4.69, 9.17) is 17.6 Å². The van der Waals surface area contributed by atoms with Crippen molar-refractivity contribution in [1.29, 1.82) is 0 Å². The molecular weight excluding hydrogens is 317 g/mol. The molecule has 1 saturated heterocycles. The number of hydrogen-bond acceptors (Lipinski definition) is 6. The van der Waals surface area contributed by atoms with Gasteiger partial charge in [0.05, 0.1) is 16.6 Å². The Morgan fingerprint density at radius 2 is 2.17 bits per heavy atom. The van der Waals surface area contributed by atoms with Crippen molar-refractivity contribution in [3.8, 4) is 24.7 Å². The molecule has 1 aliphatic rings. The van der Waals surface area contributed by atoms with Gasteiger partial charge in [-0.25, -0.2) is 14.4 Å². The zero-order valence-electron chi connectivity index (χ0n) is 12.6. The quantitative estimate of drug-likeness (QED) is 0.650. The summed E-state index contributed by atoms with van der Waals surface area (Å²) < 4.78 is 20.9. The first-order valence-corrected chi connectivity index (χ1v) is 6.97. The number of aliphatic hydroxyl groups is 3. The molecule has 24 heavy (non-hydrogen) atoms. The Morgan fingerprint density at radius 3 is 2.75 bits per heavy atom. The SMILES string of the molecule is C#Cc1cn([C@@H]2O[C@](F)(CO)[C@@H](O)[C@]2(O)C#C)c2ncnc(C)c12. The van der Waals surface area contributed by atoms with E-state index >= 15 is 0 Å². The molecule has 7 nitrogen and oxygen atoms in total. The molecule has 1 aliphatic heterocycles. The molecule has 0 aromatic carbocycles. The molecule has 0 amide bonds. The molecule has 2 aromatic heterocycles. The van der Waals surface area contributed by atoms with Crippen molar-refractivity contribution in [2.24, 2.45) is 0 Å². The summed E-state index contributed by atoms with van der Waals surface area (Å²) in [6.45, 7) is 0.518. The zero-order chi connectivity index (χ0) is 17.7. The van der Waals surface area contributed by atoms with E-state index in [0.29, 0.717) is 16.6 Å². The predicted molar refractivity (Wildman–Crippen MR) is 81.0 cm³/mol. The highest BCUT2D eigenvalue weighted by Gasteiger charge is 2.64. The largest absolute Gasteiger partial charge is 0.390 e. The van der Waals surface area contributed by atoms with Gasteiger partial charge < -0.3 is 24.6 Å². The fraction of sp³-hybridized carbons (Fsp3) is 0.375. The standard InChI is InChI=1S/C16H14FN3O4/c1-4-10-6-20(12-11(10)9(3)18-8-19-12)14-15(23,5-2)13(22)16(17,7-21)24-14/h1-2,6,8,13-14,21-23H,7H2,3H3/t13-,14+,15+,16+/m0/s1. The highest BCUT2D eigenvalue weighted by molar-refractivity contribution is 5.85. The van der Waals surface area contributed by atoms with Gasteiger partial charge >= 0.3 is 0 Å². The maximum absolute atomic E-state index is 14.6. The van der Waals surface area contributed by atoms with Gasteiger partial charge in [-0.2, -0.15) is 0 Å². The number of terminal acetylenes is 2. The van der Waals surface area contributed by atoms with E-state index in [1.54, 1.807) is 6.92 Å². The topological polar surface area (TPSA) is 101 Å². The van der Waals surface area contributed by atoms with Crippen molar-refractivity contribution in [3.05, 3.63) is 23.8 Å². The maximum atomic E-state index is 14.6. The van der Waals surface area contributed by atoms with Crippen molar-refractivity contribution in [1.82, 2.24) is 14.5 Å². The number of aliphatic hydroxyl groups excluding tert-OH is 2. The number of aryl methyl sites for hydroxylation is 1. The second-order valence-electron chi connectivity index (χ2n) is 5.54. The van der Waals surface area contributed by atoms with Crippen LogP contribution in [0.5, 0.6) is 0 Å². The average Bonchev–Trinajstić information content (AvgIpc) is 3.06. The normalized spacial score (nSPS) is 32.6. The molecule has 0 aliphatic carbocycles. The lowest BCUT2D eigenvalue weighted by atomic mass is 9.94. The number of hydrogen-bond donors (Lipinski definition) is 3. The van der Waals surface area contributed by atoms with E-state index in [9.17, 15) is 19.7 Å². The van der Waals surface area contributed by atoms with Gasteiger partial charge in [-0.15, -0.1) is 12.8 Å². The van der Waals surface area contributed by atoms with Gasteiger partial charge in [0.25, 0.3) is 5.85 Å². The van der Waals surface area contributed by atoms with Crippen LogP contribution in [0.3, 0.4) is 0 Å². The molecule has 2 aromatic rings. The molecule has 1 fully saturated rings. The summed E-state index contributed by atoms with van der Waals surface area (Å²) in [4.78, 5) is 8.13. The van der Waals surface area contributed by atoms with Gasteiger partial charge in [0.1, 0.15) is 18.6 Å². The third kappa shape index (κ3) is 1.95. The van der Waals surface area contributed by atoms with Gasteiger partial charge in [0.15, 0.2) is 12.3 Å². The highest BCUT2D eigenvalue weighted by Crippen LogP contribution is 2.46. The number of rotatable bonds is 2. The molecular formula is C16H14FN3O4. The van der Waals surface area contributed by atoms with Gasteiger partial charge in [0.2, 0.25) is 5.60 Å². The first-order valence-electron chi connectivity index (χ1n) is 6.97. The van der Waals surface area contributed by atoms with E-state index < -0.39 is 30.4 Å². The minimum absolute atomic E-state index is 0.253. The van der Waals surface area contributed by atoms with Crippen LogP contribution in [-0.4, -0.2) is 54.0 Å². The lowest BCUT2D eigenvalue weighted by molar-refractivity contribution is -0.206. The van der Waals surface area contributed by atoms with Crippen LogP contribution >= 0.6 is 0 Å². The molecule has 3 N–H and O–H groups in total. The molecule has 3 rings (SSSR count). The van der Waals surface area contributed by atoms with Crippen molar-refractivity contribution >= 4 is 11.0 Å². The predicted octanol–water partition coefficient (Wildman–Crippen LogP) is -0.367. The van der Waals surface area contributed by atoms with E-state index in [1.165, 1.54) is 17.1 Å². The minimum atomic E-state index is -2.93. The Balaban J connectivity index is 2.27. The van der Waals surface area contributed by atoms with Crippen LogP contribution in [0.4, 0.5) is 4.39 Å². The Morgan fingerprint density at radius 1 is 1.46 bits per heavy atom. The molecule has 124 valence electrons. The van der Waals surface area contributed by atoms with Crippen LogP contribution in [0.2, 0.25) is 0 Å². The van der Waals surface area contributed by atoms with Gasteiger partial charge in [-0.1, -0.05) is 11.8 Å². The molecule has 8 heteroatoms. The lowest BCUT2D eigenvalue weighted by Gasteiger charge is -2.26. The van der Waals surface area contributed by atoms with Crippen molar-refractivity contribution in [2.75, 3.05) is 6.61 Å². The second kappa shape index (κ2) is 5.26. The number of alkyl halides is 1. The molecule has 0 unspecified atom stereocenters. The van der Waals surface area contributed by atoms with Crippen molar-refractivity contribution in [3.63, 3.8) is 0 Å². The van der Waals surface area contributed by atoms with E-state index in [2.05, 4.69) is 15.9 Å². The average molecular weight is 331 g/mol. The molecule has 0 spiro atoms. The summed E-state index contributed by atoms with van der Waals surface area (Å²) in [5.41, 5.74) is -1.22. The van der Waals surface area contributed by atoms with Crippen LogP contribution in [0.25, 0.3) is 11.0 Å². The molecule has 0 saturated carbocycles. The molecule has 4 atom stereocenters. The molecule has 3 heterocycles. The van der Waals surface area contributed by atoms with E-state index in [1.807, 2.05) is 5.92 Å². The maximum Gasteiger partial charge on any atom is 0.264 e. The zero-order valence-corrected chi connectivity index (χ0v) is 12.6. The smallest absolute Gasteiger partial charge is 0.264 e. The van der Waals surface area contributed by atoms with Crippen LogP contribution in [0.1, 0.15) is 17.5 Å². The third-order valence-electron chi connectivity index (χ3n) is 4.16. The summed E-state index contributed by atoms with van der Waals surface area (Å²) in [5.74, 6) is 1.47. The third-order valence-corrected chi connectivity index (χ3v) is 4.16. The van der Waals surface area contributed by atoms with Crippen LogP contribution in [0.15, 0.2) is 12.5 Å². The first kappa shape index (κ1) is 16.4. The Kier molecular flexibility index (Phi) is 3.59. The van der Waals surface area contributed by atoms with Gasteiger partial charge in [-0.05, 0) is 6.92 Å². The summed E-state index contributed by atoms with van der Waals surface area (Å²) in [7, 11) is 0. The Hall–Kier alpha value is -2.49. The van der Waals surface area contributed by atoms with E-state index in [-0.39, 0.29) is 5.65 Å². The van der Waals surface area contributed by atoms with Crippen molar-refractivity contribution < 1.29 is 24.4 Å². The summed E-state index contributed by atoms with van der Waals surface area (Å²) in [5, 5.41) is 30.3. The Labute approximate surface area is 136 Å². The summed E-state index contributed by atoms with van der Waals surface area (Å²) in [6, 6.07) is 0. The van der Waals surface area contributed by atoms with Crippen LogP contribution in [0, 0.1) is 31.6 Å². The monoisotopic (exact) mass is 331 g/mol. The van der Waals surface area contributed by atoms with E-state index in [0.717, 1.165) is 0 Å². The second-order valence-corrected chi connectivity index (χ2v) is 5.54. The van der Waals surface area contributed by atoms with Crippen molar-refractivity contribution in [2.45, 2.75) is 30.7 Å². The highest BCUT2D eigenvalue weighted by atomic mass is 19.2. The number of halogens is 1.